The van der Waals surface area contributed by atoms with Crippen molar-refractivity contribution in [1.29, 1.82) is 0 Å². The van der Waals surface area contributed by atoms with Gasteiger partial charge >= 0.3 is 0 Å². The highest BCUT2D eigenvalue weighted by Gasteiger charge is 2.04. The minimum absolute atomic E-state index is 0.245. The SMILES string of the molecule is COc1ccc(CN/N=C(/C)c2ccc(O)cc2)cc1OC. The van der Waals surface area contributed by atoms with Crippen LogP contribution in [0.5, 0.6) is 17.2 Å². The maximum Gasteiger partial charge on any atom is 0.161 e. The highest BCUT2D eigenvalue weighted by Crippen LogP contribution is 2.27. The number of hydrogen-bond donors (Lipinski definition) is 2. The van der Waals surface area contributed by atoms with Gasteiger partial charge in [-0.2, -0.15) is 5.10 Å². The zero-order chi connectivity index (χ0) is 15.9. The van der Waals surface area contributed by atoms with Crippen molar-refractivity contribution >= 4 is 5.71 Å². The quantitative estimate of drug-likeness (QED) is 0.636. The van der Waals surface area contributed by atoms with E-state index in [4.69, 9.17) is 9.47 Å². The lowest BCUT2D eigenvalue weighted by atomic mass is 10.1. The average Bonchev–Trinajstić information content (AvgIpc) is 2.55. The van der Waals surface area contributed by atoms with E-state index in [1.54, 1.807) is 26.4 Å². The molecule has 0 fully saturated rings. The van der Waals surface area contributed by atoms with Gasteiger partial charge in [-0.15, -0.1) is 0 Å². The molecule has 0 spiro atoms. The molecule has 22 heavy (non-hydrogen) atoms. The number of hydrogen-bond acceptors (Lipinski definition) is 5. The van der Waals surface area contributed by atoms with E-state index in [-0.39, 0.29) is 5.75 Å². The molecule has 0 aliphatic rings. The molecule has 2 rings (SSSR count). The lowest BCUT2D eigenvalue weighted by Gasteiger charge is -2.09. The Morgan fingerprint density at radius 1 is 1.05 bits per heavy atom. The molecule has 0 atom stereocenters. The molecule has 0 aliphatic carbocycles. The van der Waals surface area contributed by atoms with E-state index in [9.17, 15) is 5.11 Å². The number of rotatable bonds is 6. The molecule has 2 aromatic rings. The first kappa shape index (κ1) is 15.7. The third-order valence-electron chi connectivity index (χ3n) is 3.26. The number of benzene rings is 2. The molecule has 0 aromatic heterocycles. The predicted molar refractivity (Wildman–Crippen MR) is 86.7 cm³/mol. The van der Waals surface area contributed by atoms with Gasteiger partial charge in [-0.1, -0.05) is 6.07 Å². The van der Waals surface area contributed by atoms with Crippen molar-refractivity contribution in [3.05, 3.63) is 53.6 Å². The van der Waals surface area contributed by atoms with Gasteiger partial charge in [0.1, 0.15) is 5.75 Å². The number of ether oxygens (including phenoxy) is 2. The van der Waals surface area contributed by atoms with E-state index in [2.05, 4.69) is 10.5 Å². The highest BCUT2D eigenvalue weighted by atomic mass is 16.5. The van der Waals surface area contributed by atoms with Crippen LogP contribution < -0.4 is 14.9 Å². The van der Waals surface area contributed by atoms with Crippen molar-refractivity contribution in [3.63, 3.8) is 0 Å². The molecule has 0 radical (unpaired) electrons. The van der Waals surface area contributed by atoms with Crippen LogP contribution in [0.25, 0.3) is 0 Å². The van der Waals surface area contributed by atoms with Gasteiger partial charge in [0, 0.05) is 0 Å². The summed E-state index contributed by atoms with van der Waals surface area (Å²) in [4.78, 5) is 0. The second kappa shape index (κ2) is 7.36. The van der Waals surface area contributed by atoms with Crippen LogP contribution in [0.4, 0.5) is 0 Å². The fraction of sp³-hybridized carbons (Fsp3) is 0.235. The molecular formula is C17H20N2O3. The molecule has 5 heteroatoms. The van der Waals surface area contributed by atoms with E-state index >= 15 is 0 Å². The molecule has 2 aromatic carbocycles. The summed E-state index contributed by atoms with van der Waals surface area (Å²) >= 11 is 0. The van der Waals surface area contributed by atoms with E-state index in [0.29, 0.717) is 18.0 Å². The molecule has 0 unspecified atom stereocenters. The van der Waals surface area contributed by atoms with Gasteiger partial charge in [-0.25, -0.2) is 0 Å². The summed E-state index contributed by atoms with van der Waals surface area (Å²) in [6, 6.07) is 12.7. The molecule has 0 bridgehead atoms. The van der Waals surface area contributed by atoms with Crippen LogP contribution in [0.3, 0.4) is 0 Å². The van der Waals surface area contributed by atoms with Gasteiger partial charge in [0.15, 0.2) is 11.5 Å². The molecule has 0 saturated heterocycles. The van der Waals surface area contributed by atoms with Crippen LogP contribution in [-0.4, -0.2) is 25.0 Å². The van der Waals surface area contributed by atoms with Crippen LogP contribution >= 0.6 is 0 Å². The smallest absolute Gasteiger partial charge is 0.161 e. The first-order valence-electron chi connectivity index (χ1n) is 6.91. The van der Waals surface area contributed by atoms with E-state index in [1.165, 1.54) is 0 Å². The van der Waals surface area contributed by atoms with Gasteiger partial charge in [0.2, 0.25) is 0 Å². The van der Waals surface area contributed by atoms with Crippen molar-refractivity contribution in [2.45, 2.75) is 13.5 Å². The van der Waals surface area contributed by atoms with Gasteiger partial charge in [-0.05, 0) is 54.4 Å². The Labute approximate surface area is 130 Å². The standard InChI is InChI=1S/C17H20N2O3/c1-12(14-5-7-15(20)8-6-14)19-18-11-13-4-9-16(21-2)17(10-13)22-3/h4-10,18,20H,11H2,1-3H3/b19-12-. The fourth-order valence-corrected chi connectivity index (χ4v) is 2.01. The minimum atomic E-state index is 0.245. The Hall–Kier alpha value is -2.69. The largest absolute Gasteiger partial charge is 0.508 e. The molecule has 2 N–H and O–H groups in total. The summed E-state index contributed by atoms with van der Waals surface area (Å²) < 4.78 is 10.5. The summed E-state index contributed by atoms with van der Waals surface area (Å²) in [6.07, 6.45) is 0. The van der Waals surface area contributed by atoms with E-state index < -0.39 is 0 Å². The third-order valence-corrected chi connectivity index (χ3v) is 3.26. The zero-order valence-corrected chi connectivity index (χ0v) is 13.0. The highest BCUT2D eigenvalue weighted by molar-refractivity contribution is 5.98. The maximum absolute atomic E-state index is 9.28. The topological polar surface area (TPSA) is 63.1 Å². The Morgan fingerprint density at radius 2 is 1.73 bits per heavy atom. The molecule has 0 amide bonds. The molecule has 116 valence electrons. The van der Waals surface area contributed by atoms with Crippen LogP contribution in [0.15, 0.2) is 47.6 Å². The van der Waals surface area contributed by atoms with Gasteiger partial charge in [0.05, 0.1) is 26.5 Å². The number of phenols is 1. The number of methoxy groups -OCH3 is 2. The summed E-state index contributed by atoms with van der Waals surface area (Å²) in [5, 5.41) is 13.6. The Bertz CT molecular complexity index is 651. The number of aromatic hydroxyl groups is 1. The van der Waals surface area contributed by atoms with Crippen molar-refractivity contribution in [2.24, 2.45) is 5.10 Å². The summed E-state index contributed by atoms with van der Waals surface area (Å²) in [6.45, 7) is 2.49. The molecule has 0 aliphatic heterocycles. The summed E-state index contributed by atoms with van der Waals surface area (Å²) in [5.41, 5.74) is 5.88. The van der Waals surface area contributed by atoms with Crippen molar-refractivity contribution in [3.8, 4) is 17.2 Å². The zero-order valence-electron chi connectivity index (χ0n) is 13.0. The number of phenolic OH excluding ortho intramolecular Hbond substituents is 1. The van der Waals surface area contributed by atoms with Crippen LogP contribution in [0.1, 0.15) is 18.1 Å². The Morgan fingerprint density at radius 3 is 2.36 bits per heavy atom. The first-order valence-corrected chi connectivity index (χ1v) is 6.91. The van der Waals surface area contributed by atoms with E-state index in [0.717, 1.165) is 16.8 Å². The monoisotopic (exact) mass is 300 g/mol. The van der Waals surface area contributed by atoms with Gasteiger partial charge in [-0.3, -0.25) is 0 Å². The molecule has 0 saturated carbocycles. The van der Waals surface area contributed by atoms with Crippen molar-refractivity contribution < 1.29 is 14.6 Å². The number of hydrazone groups is 1. The lowest BCUT2D eigenvalue weighted by molar-refractivity contribution is 0.354. The first-order chi connectivity index (χ1) is 10.6. The van der Waals surface area contributed by atoms with Gasteiger partial charge in [0.25, 0.3) is 0 Å². The average molecular weight is 300 g/mol. The summed E-state index contributed by atoms with van der Waals surface area (Å²) in [5.74, 6) is 1.64. The fourth-order valence-electron chi connectivity index (χ4n) is 2.01. The van der Waals surface area contributed by atoms with Crippen molar-refractivity contribution in [1.82, 2.24) is 5.43 Å². The van der Waals surface area contributed by atoms with Crippen LogP contribution in [0, 0.1) is 0 Å². The minimum Gasteiger partial charge on any atom is -0.508 e. The number of nitrogens with one attached hydrogen (secondary N) is 1. The maximum atomic E-state index is 9.28. The second-order valence-corrected chi connectivity index (χ2v) is 4.77. The molecule has 5 nitrogen and oxygen atoms in total. The second-order valence-electron chi connectivity index (χ2n) is 4.77. The lowest BCUT2D eigenvalue weighted by Crippen LogP contribution is -2.09. The predicted octanol–water partition coefficient (Wildman–Crippen LogP) is 2.92. The van der Waals surface area contributed by atoms with Gasteiger partial charge < -0.3 is 20.0 Å². The summed E-state index contributed by atoms with van der Waals surface area (Å²) in [7, 11) is 3.23. The Balaban J connectivity index is 2.00. The molecular weight excluding hydrogens is 280 g/mol. The third kappa shape index (κ3) is 3.91. The normalized spacial score (nSPS) is 11.1. The van der Waals surface area contributed by atoms with Crippen molar-refractivity contribution in [2.75, 3.05) is 14.2 Å². The van der Waals surface area contributed by atoms with E-state index in [1.807, 2.05) is 37.3 Å². The number of nitrogens with zero attached hydrogens (tertiary/aromatic N) is 1. The Kier molecular flexibility index (Phi) is 5.25. The molecule has 0 heterocycles. The van der Waals surface area contributed by atoms with Crippen LogP contribution in [-0.2, 0) is 6.54 Å². The van der Waals surface area contributed by atoms with Crippen LogP contribution in [0.2, 0.25) is 0 Å².